The summed E-state index contributed by atoms with van der Waals surface area (Å²) in [5.74, 6) is -2.22. The van der Waals surface area contributed by atoms with Crippen molar-refractivity contribution in [1.82, 2.24) is 14.8 Å². The Hall–Kier alpha value is -2.90. The molecule has 3 aromatic carbocycles. The number of alkyl halides is 5. The van der Waals surface area contributed by atoms with Gasteiger partial charge in [-0.3, -0.25) is 0 Å². The largest absolute Gasteiger partial charge is 0.393 e. The molecule has 0 bridgehead atoms. The molecule has 4 aromatic rings. The Morgan fingerprint density at radius 1 is 0.818 bits per heavy atom. The molecule has 0 unspecified atom stereocenters. The minimum atomic E-state index is -4.30. The Labute approximate surface area is 200 Å². The van der Waals surface area contributed by atoms with Crippen LogP contribution in [-0.2, 0) is 32.4 Å². The van der Waals surface area contributed by atoms with E-state index < -0.39 is 18.5 Å². The maximum absolute atomic E-state index is 13.6. The van der Waals surface area contributed by atoms with Crippen molar-refractivity contribution in [1.29, 1.82) is 0 Å². The van der Waals surface area contributed by atoms with Crippen LogP contribution in [0.1, 0.15) is 18.1 Å². The van der Waals surface area contributed by atoms with Gasteiger partial charge in [0, 0.05) is 31.4 Å². The number of hydrogen-bond acceptors (Lipinski definition) is 2. The number of aromatic nitrogens is 3. The molecule has 0 saturated carbocycles. The van der Waals surface area contributed by atoms with E-state index in [1.807, 2.05) is 30.3 Å². The molecule has 0 amide bonds. The number of halogens is 5. The molecule has 0 atom stereocenters. The maximum Gasteiger partial charge on any atom is 0.393 e. The van der Waals surface area contributed by atoms with Crippen molar-refractivity contribution in [2.24, 2.45) is 0 Å². The third-order valence-electron chi connectivity index (χ3n) is 4.85. The van der Waals surface area contributed by atoms with Gasteiger partial charge in [-0.2, -0.15) is 18.3 Å². The second-order valence-corrected chi connectivity index (χ2v) is 7.39. The molecule has 1 radical (unpaired) electrons. The number of rotatable bonds is 5. The van der Waals surface area contributed by atoms with E-state index in [9.17, 15) is 22.0 Å². The molecular formula is C24H17F5IrN3-. The van der Waals surface area contributed by atoms with Gasteiger partial charge in [-0.15, -0.1) is 34.9 Å². The average molecular weight is 635 g/mol. The van der Waals surface area contributed by atoms with Crippen LogP contribution in [0, 0.1) is 6.07 Å². The molecule has 0 spiro atoms. The second-order valence-electron chi connectivity index (χ2n) is 7.39. The molecule has 0 aliphatic rings. The van der Waals surface area contributed by atoms with Crippen LogP contribution in [0.2, 0.25) is 0 Å². The smallest absolute Gasteiger partial charge is 0.316 e. The summed E-state index contributed by atoms with van der Waals surface area (Å²) >= 11 is 0. The van der Waals surface area contributed by atoms with Crippen molar-refractivity contribution < 1.29 is 42.1 Å². The minimum Gasteiger partial charge on any atom is -0.316 e. The van der Waals surface area contributed by atoms with Gasteiger partial charge in [0.2, 0.25) is 5.92 Å². The van der Waals surface area contributed by atoms with Gasteiger partial charge in [0.1, 0.15) is 0 Å². The molecule has 3 nitrogen and oxygen atoms in total. The normalized spacial score (nSPS) is 11.8. The number of para-hydroxylation sites is 1. The maximum atomic E-state index is 13.6. The SMILES string of the molecule is CC(F)(F)c1c[c-]c(-c2nnc(-c3ccc(CC(F)(F)F)cc3)n2-c2ccccc2)cc1.[Ir]. The Balaban J connectivity index is 0.00000306. The summed E-state index contributed by atoms with van der Waals surface area (Å²) in [6.07, 6.45) is -5.32. The first-order valence-electron chi connectivity index (χ1n) is 9.69. The Bertz CT molecular complexity index is 1200. The van der Waals surface area contributed by atoms with Gasteiger partial charge in [0.05, 0.1) is 12.2 Å². The first kappa shape index (κ1) is 24.7. The third kappa shape index (κ3) is 5.72. The fourth-order valence-electron chi connectivity index (χ4n) is 3.31. The van der Waals surface area contributed by atoms with Crippen LogP contribution in [0.5, 0.6) is 0 Å². The molecule has 1 aromatic heterocycles. The first-order valence-corrected chi connectivity index (χ1v) is 9.69. The van der Waals surface area contributed by atoms with Gasteiger partial charge in [0.25, 0.3) is 0 Å². The molecule has 33 heavy (non-hydrogen) atoms. The van der Waals surface area contributed by atoms with Crippen molar-refractivity contribution in [3.63, 3.8) is 0 Å². The quantitative estimate of drug-likeness (QED) is 0.183. The molecule has 0 N–H and O–H groups in total. The summed E-state index contributed by atoms with van der Waals surface area (Å²) in [6, 6.07) is 21.9. The first-order chi connectivity index (χ1) is 15.1. The Morgan fingerprint density at radius 2 is 1.45 bits per heavy atom. The molecule has 9 heteroatoms. The van der Waals surface area contributed by atoms with Crippen molar-refractivity contribution >= 4 is 0 Å². The van der Waals surface area contributed by atoms with E-state index in [1.165, 1.54) is 30.3 Å². The van der Waals surface area contributed by atoms with Gasteiger partial charge < -0.3 is 4.57 Å². The van der Waals surface area contributed by atoms with E-state index in [-0.39, 0.29) is 31.2 Å². The minimum absolute atomic E-state index is 0. The molecular weight excluding hydrogens is 617 g/mol. The predicted molar refractivity (Wildman–Crippen MR) is 110 cm³/mol. The topological polar surface area (TPSA) is 30.7 Å². The summed E-state index contributed by atoms with van der Waals surface area (Å²) < 4.78 is 66.9. The van der Waals surface area contributed by atoms with Crippen LogP contribution < -0.4 is 0 Å². The van der Waals surface area contributed by atoms with E-state index in [0.717, 1.165) is 6.92 Å². The summed E-state index contributed by atoms with van der Waals surface area (Å²) in [4.78, 5) is 0. The fourth-order valence-corrected chi connectivity index (χ4v) is 3.31. The fraction of sp³-hybridized carbons (Fsp3) is 0.167. The summed E-state index contributed by atoms with van der Waals surface area (Å²) in [5.41, 5.74) is 1.69. The average Bonchev–Trinajstić information content (AvgIpc) is 3.18. The van der Waals surface area contributed by atoms with Crippen LogP contribution in [0.3, 0.4) is 0 Å². The summed E-state index contributed by atoms with van der Waals surface area (Å²) in [7, 11) is 0. The number of nitrogens with zero attached hydrogens (tertiary/aromatic N) is 3. The van der Waals surface area contributed by atoms with Crippen LogP contribution in [0.15, 0.2) is 72.8 Å². The van der Waals surface area contributed by atoms with Gasteiger partial charge in [-0.05, 0) is 24.6 Å². The van der Waals surface area contributed by atoms with Crippen LogP contribution in [0.25, 0.3) is 28.5 Å². The Kier molecular flexibility index (Phi) is 7.14. The molecule has 4 rings (SSSR count). The van der Waals surface area contributed by atoms with Gasteiger partial charge in [0.15, 0.2) is 5.82 Å². The zero-order valence-corrected chi connectivity index (χ0v) is 19.6. The van der Waals surface area contributed by atoms with Gasteiger partial charge >= 0.3 is 6.18 Å². The van der Waals surface area contributed by atoms with Crippen LogP contribution >= 0.6 is 0 Å². The van der Waals surface area contributed by atoms with Crippen molar-refractivity contribution in [2.45, 2.75) is 25.4 Å². The Morgan fingerprint density at radius 3 is 2.00 bits per heavy atom. The van der Waals surface area contributed by atoms with Crippen molar-refractivity contribution in [3.8, 4) is 28.5 Å². The standard InChI is InChI=1S/C24H17F5N3.Ir/c1-23(25,26)19-13-11-18(12-14-19)22-31-30-21(32(22)20-5-3-2-4-6-20)17-9-7-16(8-10-17)15-24(27,28)29;/h2-11,13-14H,15H2,1H3;/q-1;. The third-order valence-corrected chi connectivity index (χ3v) is 4.85. The van der Waals surface area contributed by atoms with Gasteiger partial charge in [-0.25, -0.2) is 8.78 Å². The van der Waals surface area contributed by atoms with Crippen LogP contribution in [0.4, 0.5) is 22.0 Å². The zero-order valence-electron chi connectivity index (χ0n) is 17.2. The summed E-state index contributed by atoms with van der Waals surface area (Å²) in [5, 5.41) is 8.46. The molecule has 0 fully saturated rings. The monoisotopic (exact) mass is 635 g/mol. The zero-order chi connectivity index (χ0) is 22.9. The van der Waals surface area contributed by atoms with E-state index in [1.54, 1.807) is 16.7 Å². The van der Waals surface area contributed by atoms with E-state index in [0.29, 0.717) is 28.5 Å². The molecule has 0 aliphatic carbocycles. The van der Waals surface area contributed by atoms with Crippen LogP contribution in [-0.4, -0.2) is 20.9 Å². The second kappa shape index (κ2) is 9.53. The van der Waals surface area contributed by atoms with E-state index in [2.05, 4.69) is 16.3 Å². The summed E-state index contributed by atoms with van der Waals surface area (Å²) in [6.45, 7) is 0.808. The van der Waals surface area contributed by atoms with E-state index >= 15 is 0 Å². The van der Waals surface area contributed by atoms with Gasteiger partial charge in [-0.1, -0.05) is 48.0 Å². The van der Waals surface area contributed by atoms with Crippen molar-refractivity contribution in [2.75, 3.05) is 0 Å². The molecule has 0 saturated heterocycles. The predicted octanol–water partition coefficient (Wildman–Crippen LogP) is 6.62. The van der Waals surface area contributed by atoms with E-state index in [4.69, 9.17) is 0 Å². The molecule has 173 valence electrons. The molecule has 1 heterocycles. The number of benzene rings is 3. The van der Waals surface area contributed by atoms with Crippen molar-refractivity contribution in [3.05, 3.63) is 90.0 Å². The number of hydrogen-bond donors (Lipinski definition) is 0. The molecule has 0 aliphatic heterocycles.